The van der Waals surface area contributed by atoms with E-state index in [9.17, 15) is 0 Å². The lowest BCUT2D eigenvalue weighted by molar-refractivity contribution is 0.199. The maximum atomic E-state index is 5.03. The minimum absolute atomic E-state index is 0.752. The smallest absolute Gasteiger partial charge is 0.0587 e. The summed E-state index contributed by atoms with van der Waals surface area (Å²) in [4.78, 5) is 0. The van der Waals surface area contributed by atoms with Crippen LogP contribution in [0.5, 0.6) is 0 Å². The quantitative estimate of drug-likeness (QED) is 0.559. The van der Waals surface area contributed by atoms with Gasteiger partial charge in [0.1, 0.15) is 0 Å². The van der Waals surface area contributed by atoms with Crippen LogP contribution in [0.15, 0.2) is 43.1 Å². The topological polar surface area (TPSA) is 26.2 Å². The van der Waals surface area contributed by atoms with Crippen LogP contribution in [0.3, 0.4) is 0 Å². The van der Waals surface area contributed by atoms with E-state index < -0.39 is 0 Å². The van der Waals surface area contributed by atoms with Gasteiger partial charge in [0.25, 0.3) is 0 Å². The summed E-state index contributed by atoms with van der Waals surface area (Å²) in [6.07, 6.45) is 6.38. The molecule has 0 aliphatic heterocycles. The number of benzene rings is 1. The molecule has 0 bridgehead atoms. The molecule has 1 heterocycles. The minimum atomic E-state index is 0.752. The van der Waals surface area contributed by atoms with Gasteiger partial charge in [0, 0.05) is 38.5 Å². The first-order valence-electron chi connectivity index (χ1n) is 7.23. The molecule has 1 aromatic carbocycles. The first-order valence-corrected chi connectivity index (χ1v) is 7.23. The second-order valence-electron chi connectivity index (χ2n) is 5.00. The van der Waals surface area contributed by atoms with Crippen molar-refractivity contribution in [1.82, 2.24) is 9.88 Å². The SMILES string of the molecule is C=CCCCn1ccc2cc(CNCCOC)ccc21. The van der Waals surface area contributed by atoms with Gasteiger partial charge in [-0.2, -0.15) is 0 Å². The highest BCUT2D eigenvalue weighted by molar-refractivity contribution is 5.80. The summed E-state index contributed by atoms with van der Waals surface area (Å²) in [6.45, 7) is 7.35. The Balaban J connectivity index is 1.98. The average Bonchev–Trinajstić information content (AvgIpc) is 2.87. The van der Waals surface area contributed by atoms with Crippen LogP contribution in [0.1, 0.15) is 18.4 Å². The van der Waals surface area contributed by atoms with Crippen LogP contribution in [0.25, 0.3) is 10.9 Å². The molecule has 0 radical (unpaired) electrons. The fourth-order valence-electron chi connectivity index (χ4n) is 2.37. The molecule has 0 saturated carbocycles. The van der Waals surface area contributed by atoms with Gasteiger partial charge in [-0.25, -0.2) is 0 Å². The Morgan fingerprint density at radius 3 is 3.05 bits per heavy atom. The zero-order chi connectivity index (χ0) is 14.2. The third-order valence-corrected chi connectivity index (χ3v) is 3.45. The van der Waals surface area contributed by atoms with E-state index in [1.54, 1.807) is 7.11 Å². The van der Waals surface area contributed by atoms with Gasteiger partial charge in [0.2, 0.25) is 0 Å². The Hall–Kier alpha value is -1.58. The van der Waals surface area contributed by atoms with Crippen LogP contribution >= 0.6 is 0 Å². The minimum Gasteiger partial charge on any atom is -0.383 e. The van der Waals surface area contributed by atoms with Crippen molar-refractivity contribution in [3.63, 3.8) is 0 Å². The Morgan fingerprint density at radius 1 is 1.35 bits per heavy atom. The maximum absolute atomic E-state index is 5.03. The van der Waals surface area contributed by atoms with Gasteiger partial charge < -0.3 is 14.6 Å². The van der Waals surface area contributed by atoms with E-state index in [4.69, 9.17) is 4.74 Å². The third kappa shape index (κ3) is 3.95. The van der Waals surface area contributed by atoms with Gasteiger partial charge in [0.05, 0.1) is 6.61 Å². The van der Waals surface area contributed by atoms with Crippen molar-refractivity contribution in [2.75, 3.05) is 20.3 Å². The van der Waals surface area contributed by atoms with Gasteiger partial charge in [-0.05, 0) is 42.0 Å². The Kier molecular flexibility index (Phi) is 5.84. The molecule has 3 heteroatoms. The Labute approximate surface area is 121 Å². The number of aromatic nitrogens is 1. The van der Waals surface area contributed by atoms with Crippen molar-refractivity contribution < 1.29 is 4.74 Å². The number of unbranched alkanes of at least 4 members (excludes halogenated alkanes) is 1. The number of hydrogen-bond acceptors (Lipinski definition) is 2. The molecule has 3 nitrogen and oxygen atoms in total. The molecule has 0 aliphatic carbocycles. The number of nitrogens with one attached hydrogen (secondary N) is 1. The number of aryl methyl sites for hydroxylation is 1. The van der Waals surface area contributed by atoms with Crippen LogP contribution in [0.4, 0.5) is 0 Å². The highest BCUT2D eigenvalue weighted by Crippen LogP contribution is 2.18. The number of nitrogens with zero attached hydrogens (tertiary/aromatic N) is 1. The normalized spacial score (nSPS) is 11.1. The number of rotatable bonds is 9. The molecule has 0 saturated heterocycles. The van der Waals surface area contributed by atoms with Gasteiger partial charge in [-0.15, -0.1) is 6.58 Å². The Morgan fingerprint density at radius 2 is 2.25 bits per heavy atom. The second-order valence-corrected chi connectivity index (χ2v) is 5.00. The second kappa shape index (κ2) is 7.88. The summed E-state index contributed by atoms with van der Waals surface area (Å²) in [6, 6.07) is 8.88. The van der Waals surface area contributed by atoms with Gasteiger partial charge in [-0.1, -0.05) is 12.1 Å². The molecule has 0 amide bonds. The van der Waals surface area contributed by atoms with Gasteiger partial charge >= 0.3 is 0 Å². The molecule has 1 N–H and O–H groups in total. The molecule has 0 unspecified atom stereocenters. The molecule has 0 fully saturated rings. The number of methoxy groups -OCH3 is 1. The number of ether oxygens (including phenoxy) is 1. The van der Waals surface area contributed by atoms with E-state index in [-0.39, 0.29) is 0 Å². The zero-order valence-corrected chi connectivity index (χ0v) is 12.3. The monoisotopic (exact) mass is 272 g/mol. The first-order chi connectivity index (χ1) is 9.85. The van der Waals surface area contributed by atoms with Crippen molar-refractivity contribution in [2.24, 2.45) is 0 Å². The average molecular weight is 272 g/mol. The predicted molar refractivity (Wildman–Crippen MR) is 85.0 cm³/mol. The summed E-state index contributed by atoms with van der Waals surface area (Å²) in [5.74, 6) is 0. The maximum Gasteiger partial charge on any atom is 0.0587 e. The van der Waals surface area contributed by atoms with Crippen molar-refractivity contribution >= 4 is 10.9 Å². The summed E-state index contributed by atoms with van der Waals surface area (Å²) >= 11 is 0. The van der Waals surface area contributed by atoms with Gasteiger partial charge in [0.15, 0.2) is 0 Å². The van der Waals surface area contributed by atoms with E-state index in [1.165, 1.54) is 16.5 Å². The van der Waals surface area contributed by atoms with E-state index in [0.717, 1.165) is 39.1 Å². The molecule has 0 aliphatic rings. The summed E-state index contributed by atoms with van der Waals surface area (Å²) < 4.78 is 7.35. The molecule has 108 valence electrons. The first kappa shape index (κ1) is 14.8. The Bertz CT molecular complexity index is 545. The molecule has 0 spiro atoms. The van der Waals surface area contributed by atoms with Crippen molar-refractivity contribution in [3.05, 3.63) is 48.7 Å². The highest BCUT2D eigenvalue weighted by Gasteiger charge is 2.02. The van der Waals surface area contributed by atoms with E-state index >= 15 is 0 Å². The van der Waals surface area contributed by atoms with Crippen LogP contribution in [-0.2, 0) is 17.8 Å². The zero-order valence-electron chi connectivity index (χ0n) is 12.3. The fraction of sp³-hybridized carbons (Fsp3) is 0.412. The van der Waals surface area contributed by atoms with Crippen LogP contribution < -0.4 is 5.32 Å². The number of fused-ring (bicyclic) bond motifs is 1. The summed E-state index contributed by atoms with van der Waals surface area (Å²) in [5.41, 5.74) is 2.63. The third-order valence-electron chi connectivity index (χ3n) is 3.45. The van der Waals surface area contributed by atoms with Crippen molar-refractivity contribution in [1.29, 1.82) is 0 Å². The van der Waals surface area contributed by atoms with Crippen molar-refractivity contribution in [2.45, 2.75) is 25.9 Å². The molecule has 2 aromatic rings. The molecule has 1 aromatic heterocycles. The molecule has 0 atom stereocenters. The fourth-order valence-corrected chi connectivity index (χ4v) is 2.37. The lowest BCUT2D eigenvalue weighted by Crippen LogP contribution is -2.18. The summed E-state index contributed by atoms with van der Waals surface area (Å²) in [7, 11) is 1.73. The lowest BCUT2D eigenvalue weighted by Gasteiger charge is -2.07. The van der Waals surface area contributed by atoms with Crippen LogP contribution in [0, 0.1) is 0 Å². The molecule has 20 heavy (non-hydrogen) atoms. The lowest BCUT2D eigenvalue weighted by atomic mass is 10.1. The molecular weight excluding hydrogens is 248 g/mol. The van der Waals surface area contributed by atoms with E-state index in [1.807, 2.05) is 6.08 Å². The standard InChI is InChI=1S/C17H24N2O/c1-3-4-5-10-19-11-8-16-13-15(6-7-17(16)19)14-18-9-12-20-2/h3,6-8,11,13,18H,1,4-5,9-10,12,14H2,2H3. The number of hydrogen-bond donors (Lipinski definition) is 1. The largest absolute Gasteiger partial charge is 0.383 e. The van der Waals surface area contributed by atoms with Crippen LogP contribution in [-0.4, -0.2) is 24.8 Å². The molecular formula is C17H24N2O. The summed E-state index contributed by atoms with van der Waals surface area (Å²) in [5, 5.41) is 4.69. The predicted octanol–water partition coefficient (Wildman–Crippen LogP) is 3.34. The highest BCUT2D eigenvalue weighted by atomic mass is 16.5. The van der Waals surface area contributed by atoms with Gasteiger partial charge in [-0.3, -0.25) is 0 Å². The van der Waals surface area contributed by atoms with Crippen LogP contribution in [0.2, 0.25) is 0 Å². The number of allylic oxidation sites excluding steroid dienone is 1. The molecule has 2 rings (SSSR count). The van der Waals surface area contributed by atoms with E-state index in [2.05, 4.69) is 46.9 Å². The van der Waals surface area contributed by atoms with Crippen molar-refractivity contribution in [3.8, 4) is 0 Å². The van der Waals surface area contributed by atoms with E-state index in [0.29, 0.717) is 0 Å².